The Morgan fingerprint density at radius 1 is 1.38 bits per heavy atom. The molecule has 7 heteroatoms. The predicted octanol–water partition coefficient (Wildman–Crippen LogP) is 2.68. The van der Waals surface area contributed by atoms with E-state index in [1.165, 1.54) is 0 Å². The summed E-state index contributed by atoms with van der Waals surface area (Å²) in [6.45, 7) is 4.49. The van der Waals surface area contributed by atoms with Crippen LogP contribution in [-0.2, 0) is 18.4 Å². The van der Waals surface area contributed by atoms with Gasteiger partial charge in [-0.2, -0.15) is 5.10 Å². The zero-order chi connectivity index (χ0) is 17.1. The van der Waals surface area contributed by atoms with Crippen molar-refractivity contribution >= 4 is 11.5 Å². The van der Waals surface area contributed by atoms with Crippen LogP contribution in [-0.4, -0.2) is 34.4 Å². The van der Waals surface area contributed by atoms with Gasteiger partial charge in [0.15, 0.2) is 0 Å². The molecule has 1 aliphatic heterocycles. The monoisotopic (exact) mass is 330 g/mol. The summed E-state index contributed by atoms with van der Waals surface area (Å²) in [6.07, 6.45) is 0.968. The SMILES string of the molecule is Cc1nn(C)c(N2CCC(COCc3ccccc3)C2)c1[N+](=O)[O-]. The second kappa shape index (κ2) is 7.00. The molecule has 0 N–H and O–H groups in total. The average Bonchev–Trinajstić information content (AvgIpc) is 3.12. The van der Waals surface area contributed by atoms with Crippen molar-refractivity contribution in [2.24, 2.45) is 13.0 Å². The van der Waals surface area contributed by atoms with Crippen LogP contribution >= 0.6 is 0 Å². The average molecular weight is 330 g/mol. The minimum atomic E-state index is -0.336. The minimum absolute atomic E-state index is 0.114. The summed E-state index contributed by atoms with van der Waals surface area (Å²) in [4.78, 5) is 13.0. The van der Waals surface area contributed by atoms with E-state index in [1.54, 1.807) is 18.7 Å². The van der Waals surface area contributed by atoms with E-state index < -0.39 is 0 Å². The van der Waals surface area contributed by atoms with E-state index in [4.69, 9.17) is 4.74 Å². The molecule has 0 aliphatic carbocycles. The van der Waals surface area contributed by atoms with Crippen LogP contribution in [0.5, 0.6) is 0 Å². The first-order valence-corrected chi connectivity index (χ1v) is 8.11. The first-order chi connectivity index (χ1) is 11.6. The van der Waals surface area contributed by atoms with E-state index in [2.05, 4.69) is 10.00 Å². The molecule has 0 saturated carbocycles. The fourth-order valence-electron chi connectivity index (χ4n) is 3.28. The van der Waals surface area contributed by atoms with Crippen LogP contribution in [0.25, 0.3) is 0 Å². The summed E-state index contributed by atoms with van der Waals surface area (Å²) in [7, 11) is 1.76. The predicted molar refractivity (Wildman–Crippen MR) is 91.0 cm³/mol. The summed E-state index contributed by atoms with van der Waals surface area (Å²) in [6, 6.07) is 10.1. The molecule has 0 amide bonds. The summed E-state index contributed by atoms with van der Waals surface area (Å²) in [5.41, 5.74) is 1.73. The lowest BCUT2D eigenvalue weighted by atomic mass is 10.1. The Morgan fingerprint density at radius 2 is 2.12 bits per heavy atom. The maximum atomic E-state index is 11.3. The smallest absolute Gasteiger partial charge is 0.333 e. The van der Waals surface area contributed by atoms with Gasteiger partial charge in [-0.25, -0.2) is 4.68 Å². The van der Waals surface area contributed by atoms with E-state index in [-0.39, 0.29) is 10.6 Å². The van der Waals surface area contributed by atoms with Gasteiger partial charge in [0.1, 0.15) is 5.69 Å². The van der Waals surface area contributed by atoms with Gasteiger partial charge >= 0.3 is 5.69 Å². The van der Waals surface area contributed by atoms with Gasteiger partial charge in [0, 0.05) is 26.1 Å². The molecule has 2 aromatic rings. The molecule has 0 spiro atoms. The first-order valence-electron chi connectivity index (χ1n) is 8.11. The molecule has 1 aliphatic rings. The quantitative estimate of drug-likeness (QED) is 0.601. The second-order valence-electron chi connectivity index (χ2n) is 6.24. The van der Waals surface area contributed by atoms with Crippen molar-refractivity contribution in [1.29, 1.82) is 0 Å². The van der Waals surface area contributed by atoms with Gasteiger partial charge in [-0.05, 0) is 18.9 Å². The molecular formula is C17H22N4O3. The number of ether oxygens (including phenoxy) is 1. The number of rotatable bonds is 6. The van der Waals surface area contributed by atoms with E-state index in [0.29, 0.717) is 30.6 Å². The minimum Gasteiger partial charge on any atom is -0.376 e. The molecular weight excluding hydrogens is 308 g/mol. The Bertz CT molecular complexity index is 714. The van der Waals surface area contributed by atoms with Gasteiger partial charge in [-0.3, -0.25) is 10.1 Å². The normalized spacial score (nSPS) is 17.4. The molecule has 1 saturated heterocycles. The van der Waals surface area contributed by atoms with Crippen molar-refractivity contribution < 1.29 is 9.66 Å². The summed E-state index contributed by atoms with van der Waals surface area (Å²) in [5, 5.41) is 15.5. The third-order valence-corrected chi connectivity index (χ3v) is 4.39. The van der Waals surface area contributed by atoms with Gasteiger partial charge in [0.05, 0.1) is 18.1 Å². The van der Waals surface area contributed by atoms with E-state index in [9.17, 15) is 10.1 Å². The standard InChI is InChI=1S/C17H22N4O3/c1-13-16(21(22)23)17(19(2)18-13)20-9-8-15(10-20)12-24-11-14-6-4-3-5-7-14/h3-7,15H,8-12H2,1-2H3. The maximum Gasteiger partial charge on any atom is 0.333 e. The van der Waals surface area contributed by atoms with E-state index in [0.717, 1.165) is 25.1 Å². The van der Waals surface area contributed by atoms with Gasteiger partial charge in [0.2, 0.25) is 5.82 Å². The topological polar surface area (TPSA) is 73.4 Å². The number of hydrogen-bond acceptors (Lipinski definition) is 5. The summed E-state index contributed by atoms with van der Waals surface area (Å²) >= 11 is 0. The number of nitrogens with zero attached hydrogens (tertiary/aromatic N) is 4. The highest BCUT2D eigenvalue weighted by Gasteiger charge is 2.33. The Labute approximate surface area is 141 Å². The van der Waals surface area contributed by atoms with Crippen LogP contribution in [0.3, 0.4) is 0 Å². The molecule has 128 valence electrons. The third-order valence-electron chi connectivity index (χ3n) is 4.39. The van der Waals surface area contributed by atoms with Gasteiger partial charge in [-0.1, -0.05) is 30.3 Å². The van der Waals surface area contributed by atoms with Crippen molar-refractivity contribution in [3.05, 3.63) is 51.7 Å². The lowest BCUT2D eigenvalue weighted by Crippen LogP contribution is -2.24. The largest absolute Gasteiger partial charge is 0.376 e. The number of aryl methyl sites for hydroxylation is 2. The zero-order valence-electron chi connectivity index (χ0n) is 14.0. The van der Waals surface area contributed by atoms with Crippen LogP contribution in [0.2, 0.25) is 0 Å². The molecule has 0 bridgehead atoms. The fraction of sp³-hybridized carbons (Fsp3) is 0.471. The summed E-state index contributed by atoms with van der Waals surface area (Å²) in [5.74, 6) is 0.978. The molecule has 3 rings (SSSR count). The molecule has 24 heavy (non-hydrogen) atoms. The lowest BCUT2D eigenvalue weighted by molar-refractivity contribution is -0.384. The molecule has 0 radical (unpaired) electrons. The maximum absolute atomic E-state index is 11.3. The van der Waals surface area contributed by atoms with E-state index in [1.807, 2.05) is 30.3 Å². The molecule has 1 fully saturated rings. The van der Waals surface area contributed by atoms with Crippen LogP contribution in [0.1, 0.15) is 17.7 Å². The highest BCUT2D eigenvalue weighted by atomic mass is 16.6. The number of anilines is 1. The highest BCUT2D eigenvalue weighted by Crippen LogP contribution is 2.34. The highest BCUT2D eigenvalue weighted by molar-refractivity contribution is 5.61. The van der Waals surface area contributed by atoms with Crippen molar-refractivity contribution in [3.8, 4) is 0 Å². The van der Waals surface area contributed by atoms with Crippen LogP contribution in [0.4, 0.5) is 11.5 Å². The number of aromatic nitrogens is 2. The lowest BCUT2D eigenvalue weighted by Gasteiger charge is -2.17. The number of benzene rings is 1. The first kappa shape index (κ1) is 16.4. The Balaban J connectivity index is 1.59. The fourth-order valence-corrected chi connectivity index (χ4v) is 3.28. The molecule has 7 nitrogen and oxygen atoms in total. The molecule has 1 aromatic carbocycles. The Kier molecular flexibility index (Phi) is 4.80. The molecule has 2 heterocycles. The van der Waals surface area contributed by atoms with E-state index >= 15 is 0 Å². The van der Waals surface area contributed by atoms with Gasteiger partial charge in [0.25, 0.3) is 0 Å². The van der Waals surface area contributed by atoms with Crippen LogP contribution < -0.4 is 4.90 Å². The number of hydrogen-bond donors (Lipinski definition) is 0. The van der Waals surface area contributed by atoms with Gasteiger partial charge in [-0.15, -0.1) is 0 Å². The Hall–Kier alpha value is -2.41. The van der Waals surface area contributed by atoms with Crippen LogP contribution in [0, 0.1) is 23.0 Å². The number of nitro groups is 1. The molecule has 1 unspecified atom stereocenters. The zero-order valence-corrected chi connectivity index (χ0v) is 14.0. The van der Waals surface area contributed by atoms with Gasteiger partial charge < -0.3 is 9.64 Å². The van der Waals surface area contributed by atoms with Crippen molar-refractivity contribution in [1.82, 2.24) is 9.78 Å². The molecule has 1 atom stereocenters. The summed E-state index contributed by atoms with van der Waals surface area (Å²) < 4.78 is 7.43. The Morgan fingerprint density at radius 3 is 2.83 bits per heavy atom. The van der Waals surface area contributed by atoms with Crippen molar-refractivity contribution in [3.63, 3.8) is 0 Å². The van der Waals surface area contributed by atoms with Crippen LogP contribution in [0.15, 0.2) is 30.3 Å². The molecule has 1 aromatic heterocycles. The van der Waals surface area contributed by atoms with Crippen molar-refractivity contribution in [2.45, 2.75) is 20.0 Å². The third kappa shape index (κ3) is 3.41. The van der Waals surface area contributed by atoms with Crippen molar-refractivity contribution in [2.75, 3.05) is 24.6 Å². The second-order valence-corrected chi connectivity index (χ2v) is 6.24.